The van der Waals surface area contributed by atoms with Crippen LogP contribution in [0.15, 0.2) is 11.6 Å². The van der Waals surface area contributed by atoms with E-state index < -0.39 is 5.79 Å². The number of hydrogen-bond acceptors (Lipinski definition) is 3. The van der Waals surface area contributed by atoms with E-state index in [1.54, 1.807) is 0 Å². The quantitative estimate of drug-likeness (QED) is 0.683. The molecule has 0 radical (unpaired) electrons. The number of rotatable bonds is 1. The molecular weight excluding hydrogens is 240 g/mol. The Kier molecular flexibility index (Phi) is 3.10. The van der Waals surface area contributed by atoms with Crippen molar-refractivity contribution in [3.8, 4) is 0 Å². The lowest BCUT2D eigenvalue weighted by molar-refractivity contribution is -0.236. The van der Waals surface area contributed by atoms with Crippen LogP contribution < -0.4 is 0 Å². The number of carbonyl (C=O) groups is 1. The summed E-state index contributed by atoms with van der Waals surface area (Å²) in [6.45, 7) is 7.72. The van der Waals surface area contributed by atoms with Crippen LogP contribution in [0.3, 0.4) is 0 Å². The molecule has 0 aromatic rings. The van der Waals surface area contributed by atoms with E-state index in [2.05, 4.69) is 26.8 Å². The SMILES string of the molecule is CC(C)=C[C@@H]1CC[C@]2(C)C(=O)CCC3(OCCO3)C12. The number of ketones is 1. The van der Waals surface area contributed by atoms with Gasteiger partial charge in [-0.15, -0.1) is 0 Å². The molecule has 1 saturated heterocycles. The molecule has 3 nitrogen and oxygen atoms in total. The van der Waals surface area contributed by atoms with Crippen LogP contribution in [0.5, 0.6) is 0 Å². The maximum Gasteiger partial charge on any atom is 0.173 e. The molecule has 2 saturated carbocycles. The minimum atomic E-state index is -0.490. The van der Waals surface area contributed by atoms with E-state index in [0.29, 0.717) is 31.3 Å². The molecule has 1 aliphatic heterocycles. The van der Waals surface area contributed by atoms with Gasteiger partial charge in [-0.25, -0.2) is 0 Å². The highest BCUT2D eigenvalue weighted by Gasteiger charge is 2.63. The molecule has 3 fully saturated rings. The summed E-state index contributed by atoms with van der Waals surface area (Å²) in [4.78, 5) is 12.4. The van der Waals surface area contributed by atoms with Crippen molar-refractivity contribution in [1.29, 1.82) is 0 Å². The minimum absolute atomic E-state index is 0.193. The molecule has 19 heavy (non-hydrogen) atoms. The van der Waals surface area contributed by atoms with Crippen LogP contribution >= 0.6 is 0 Å². The molecule has 106 valence electrons. The van der Waals surface area contributed by atoms with Gasteiger partial charge in [0.2, 0.25) is 0 Å². The molecule has 3 atom stereocenters. The molecule has 3 heteroatoms. The molecule has 1 spiro atoms. The van der Waals surface area contributed by atoms with Crippen LogP contribution in [0.4, 0.5) is 0 Å². The van der Waals surface area contributed by atoms with Gasteiger partial charge in [-0.2, -0.15) is 0 Å². The fraction of sp³-hybridized carbons (Fsp3) is 0.812. The number of ether oxygens (including phenoxy) is 2. The van der Waals surface area contributed by atoms with Gasteiger partial charge in [0.05, 0.1) is 13.2 Å². The smallest absolute Gasteiger partial charge is 0.173 e. The van der Waals surface area contributed by atoms with Crippen molar-refractivity contribution in [2.24, 2.45) is 17.3 Å². The lowest BCUT2D eigenvalue weighted by Gasteiger charge is -2.47. The summed E-state index contributed by atoms with van der Waals surface area (Å²) in [6.07, 6.45) is 5.71. The summed E-state index contributed by atoms with van der Waals surface area (Å²) in [5.74, 6) is 0.526. The second-order valence-corrected chi connectivity index (χ2v) is 6.77. The normalized spacial score (nSPS) is 40.5. The number of hydrogen-bond donors (Lipinski definition) is 0. The van der Waals surface area contributed by atoms with Gasteiger partial charge >= 0.3 is 0 Å². The van der Waals surface area contributed by atoms with Crippen molar-refractivity contribution in [1.82, 2.24) is 0 Å². The predicted molar refractivity (Wildman–Crippen MR) is 72.6 cm³/mol. The first-order chi connectivity index (χ1) is 8.98. The van der Waals surface area contributed by atoms with E-state index in [0.717, 1.165) is 19.3 Å². The van der Waals surface area contributed by atoms with Gasteiger partial charge in [0.1, 0.15) is 5.78 Å². The zero-order valence-corrected chi connectivity index (χ0v) is 12.2. The van der Waals surface area contributed by atoms with Crippen LogP contribution in [0.1, 0.15) is 46.5 Å². The van der Waals surface area contributed by atoms with E-state index >= 15 is 0 Å². The summed E-state index contributed by atoms with van der Waals surface area (Å²) in [5, 5.41) is 0. The lowest BCUT2D eigenvalue weighted by Crippen LogP contribution is -2.54. The Morgan fingerprint density at radius 3 is 2.58 bits per heavy atom. The van der Waals surface area contributed by atoms with Crippen molar-refractivity contribution in [2.45, 2.75) is 52.2 Å². The van der Waals surface area contributed by atoms with E-state index in [-0.39, 0.29) is 11.3 Å². The van der Waals surface area contributed by atoms with E-state index in [1.165, 1.54) is 5.57 Å². The average Bonchev–Trinajstić information content (AvgIpc) is 2.92. The van der Waals surface area contributed by atoms with Gasteiger partial charge < -0.3 is 9.47 Å². The first-order valence-electron chi connectivity index (χ1n) is 7.44. The van der Waals surface area contributed by atoms with Crippen LogP contribution in [0, 0.1) is 17.3 Å². The highest BCUT2D eigenvalue weighted by molar-refractivity contribution is 5.86. The number of allylic oxidation sites excluding steroid dienone is 2. The monoisotopic (exact) mass is 264 g/mol. The molecular formula is C16H24O3. The first-order valence-corrected chi connectivity index (χ1v) is 7.44. The van der Waals surface area contributed by atoms with Gasteiger partial charge in [0.15, 0.2) is 5.79 Å². The standard InChI is InChI=1S/C16H24O3/c1-11(2)10-12-4-6-15(3)13(17)5-7-16(14(12)15)18-8-9-19-16/h10,12,14H,4-9H2,1-3H3/t12-,14?,15+/m0/s1. The molecule has 0 aromatic heterocycles. The molecule has 1 unspecified atom stereocenters. The molecule has 2 aliphatic carbocycles. The zero-order valence-electron chi connectivity index (χ0n) is 12.2. The Balaban J connectivity index is 2.01. The van der Waals surface area contributed by atoms with E-state index in [1.807, 2.05) is 0 Å². The van der Waals surface area contributed by atoms with Gasteiger partial charge in [-0.3, -0.25) is 4.79 Å². The van der Waals surface area contributed by atoms with Gasteiger partial charge in [-0.1, -0.05) is 18.6 Å². The van der Waals surface area contributed by atoms with Crippen molar-refractivity contribution in [3.05, 3.63) is 11.6 Å². The summed E-state index contributed by atoms with van der Waals surface area (Å²) >= 11 is 0. The Hall–Kier alpha value is -0.670. The summed E-state index contributed by atoms with van der Waals surface area (Å²) in [5.41, 5.74) is 1.07. The van der Waals surface area contributed by atoms with Gasteiger partial charge in [0.25, 0.3) is 0 Å². The third kappa shape index (κ3) is 1.90. The topological polar surface area (TPSA) is 35.5 Å². The Labute approximate surface area is 115 Å². The molecule has 0 amide bonds. The first kappa shape index (κ1) is 13.3. The molecule has 3 rings (SSSR count). The summed E-state index contributed by atoms with van der Waals surface area (Å²) in [6, 6.07) is 0. The van der Waals surface area contributed by atoms with Crippen molar-refractivity contribution < 1.29 is 14.3 Å². The minimum Gasteiger partial charge on any atom is -0.347 e. The maximum absolute atomic E-state index is 12.4. The predicted octanol–water partition coefficient (Wildman–Crippen LogP) is 3.09. The molecule has 3 aliphatic rings. The van der Waals surface area contributed by atoms with E-state index in [4.69, 9.17) is 9.47 Å². The summed E-state index contributed by atoms with van der Waals surface area (Å²) in [7, 11) is 0. The maximum atomic E-state index is 12.4. The van der Waals surface area contributed by atoms with Gasteiger partial charge in [-0.05, 0) is 32.6 Å². The number of Topliss-reactive ketones (excluding diaryl/α,β-unsaturated/α-hetero) is 1. The zero-order chi connectivity index (χ0) is 13.7. The summed E-state index contributed by atoms with van der Waals surface area (Å²) < 4.78 is 12.0. The third-order valence-corrected chi connectivity index (χ3v) is 5.25. The van der Waals surface area contributed by atoms with Crippen molar-refractivity contribution >= 4 is 5.78 Å². The van der Waals surface area contributed by atoms with Gasteiger partial charge in [0, 0.05) is 24.2 Å². The molecule has 0 aromatic carbocycles. The Morgan fingerprint density at radius 1 is 1.26 bits per heavy atom. The highest BCUT2D eigenvalue weighted by atomic mass is 16.7. The van der Waals surface area contributed by atoms with E-state index in [9.17, 15) is 4.79 Å². The molecule has 0 bridgehead atoms. The third-order valence-electron chi connectivity index (χ3n) is 5.25. The van der Waals surface area contributed by atoms with Crippen LogP contribution in [0.25, 0.3) is 0 Å². The second kappa shape index (κ2) is 4.42. The van der Waals surface area contributed by atoms with Crippen molar-refractivity contribution in [3.63, 3.8) is 0 Å². The Bertz CT molecular complexity index is 416. The second-order valence-electron chi connectivity index (χ2n) is 6.77. The largest absolute Gasteiger partial charge is 0.347 e. The lowest BCUT2D eigenvalue weighted by atomic mass is 9.63. The number of carbonyl (C=O) groups excluding carboxylic acids is 1. The van der Waals surface area contributed by atoms with Crippen LogP contribution in [-0.2, 0) is 14.3 Å². The molecule has 1 heterocycles. The molecule has 0 N–H and O–H groups in total. The van der Waals surface area contributed by atoms with Crippen molar-refractivity contribution in [2.75, 3.05) is 13.2 Å². The fourth-order valence-electron chi connectivity index (χ4n) is 4.52. The number of fused-ring (bicyclic) bond motifs is 2. The fourth-order valence-corrected chi connectivity index (χ4v) is 4.52. The van der Waals surface area contributed by atoms with Crippen LogP contribution in [0.2, 0.25) is 0 Å². The Morgan fingerprint density at radius 2 is 1.95 bits per heavy atom. The van der Waals surface area contributed by atoms with Crippen LogP contribution in [-0.4, -0.2) is 24.8 Å². The highest BCUT2D eigenvalue weighted by Crippen LogP contribution is 2.59. The average molecular weight is 264 g/mol.